The van der Waals surface area contributed by atoms with E-state index in [2.05, 4.69) is 13.8 Å². The highest BCUT2D eigenvalue weighted by Crippen LogP contribution is 2.33. The van der Waals surface area contributed by atoms with Gasteiger partial charge in [-0.3, -0.25) is 0 Å². The number of rotatable bonds is 10. The van der Waals surface area contributed by atoms with Crippen molar-refractivity contribution in [3.8, 4) is 11.5 Å². The topological polar surface area (TPSA) is 18.5 Å². The van der Waals surface area contributed by atoms with Crippen LogP contribution < -0.4 is 9.47 Å². The molecule has 0 aliphatic heterocycles. The molecule has 0 saturated carbocycles. The standard InChI is InChI=1S/C24H29FO2/c1-3-5-7-15-26-19-10-12-20-18(17-19)9-11-22-21(20)13-14-23(24(22)25)27-16-8-6-4-2/h9-14,17H,3-8,15-16H2,1-2H3. The maximum absolute atomic E-state index is 14.9. The van der Waals surface area contributed by atoms with Crippen molar-refractivity contribution in [2.45, 2.75) is 52.4 Å². The zero-order valence-corrected chi connectivity index (χ0v) is 16.4. The van der Waals surface area contributed by atoms with Gasteiger partial charge in [-0.15, -0.1) is 0 Å². The Morgan fingerprint density at radius 3 is 2.11 bits per heavy atom. The van der Waals surface area contributed by atoms with Crippen LogP contribution in [0.1, 0.15) is 52.4 Å². The Morgan fingerprint density at radius 2 is 1.37 bits per heavy atom. The molecule has 144 valence electrons. The van der Waals surface area contributed by atoms with Crippen LogP contribution in [0.4, 0.5) is 4.39 Å². The van der Waals surface area contributed by atoms with Crippen molar-refractivity contribution in [3.63, 3.8) is 0 Å². The van der Waals surface area contributed by atoms with Crippen LogP contribution >= 0.6 is 0 Å². The number of halogens is 1. The van der Waals surface area contributed by atoms with Gasteiger partial charge >= 0.3 is 0 Å². The van der Waals surface area contributed by atoms with Crippen LogP contribution in [0.5, 0.6) is 11.5 Å². The number of hydrogen-bond acceptors (Lipinski definition) is 2. The molecule has 0 aliphatic rings. The average molecular weight is 368 g/mol. The maximum Gasteiger partial charge on any atom is 0.172 e. The summed E-state index contributed by atoms with van der Waals surface area (Å²) in [6.45, 7) is 5.62. The Kier molecular flexibility index (Phi) is 6.92. The van der Waals surface area contributed by atoms with Gasteiger partial charge in [-0.05, 0) is 53.3 Å². The Balaban J connectivity index is 1.82. The van der Waals surface area contributed by atoms with Gasteiger partial charge in [0.2, 0.25) is 0 Å². The Labute approximate surface area is 161 Å². The highest BCUT2D eigenvalue weighted by molar-refractivity contribution is 6.08. The molecule has 3 aromatic carbocycles. The van der Waals surface area contributed by atoms with E-state index in [1.165, 1.54) is 12.8 Å². The number of benzene rings is 3. The quantitative estimate of drug-likeness (QED) is 0.277. The third-order valence-corrected chi connectivity index (χ3v) is 4.91. The normalized spacial score (nSPS) is 11.2. The molecule has 27 heavy (non-hydrogen) atoms. The molecular formula is C24H29FO2. The van der Waals surface area contributed by atoms with E-state index in [1.54, 1.807) is 6.07 Å². The van der Waals surface area contributed by atoms with Crippen LogP contribution in [0.25, 0.3) is 21.5 Å². The van der Waals surface area contributed by atoms with E-state index >= 15 is 0 Å². The molecule has 0 N–H and O–H groups in total. The predicted molar refractivity (Wildman–Crippen MR) is 111 cm³/mol. The predicted octanol–water partition coefficient (Wildman–Crippen LogP) is 7.27. The van der Waals surface area contributed by atoms with Crippen LogP contribution in [0, 0.1) is 5.82 Å². The number of unbranched alkanes of at least 4 members (excludes halogenated alkanes) is 4. The lowest BCUT2D eigenvalue weighted by Crippen LogP contribution is -1.99. The molecule has 3 rings (SSSR count). The van der Waals surface area contributed by atoms with E-state index in [9.17, 15) is 4.39 Å². The van der Waals surface area contributed by atoms with Crippen molar-refractivity contribution in [1.82, 2.24) is 0 Å². The molecule has 0 bridgehead atoms. The highest BCUT2D eigenvalue weighted by atomic mass is 19.1. The molecule has 0 heterocycles. The summed E-state index contributed by atoms with van der Waals surface area (Å²) in [6, 6.07) is 13.5. The summed E-state index contributed by atoms with van der Waals surface area (Å²) in [7, 11) is 0. The van der Waals surface area contributed by atoms with Gasteiger partial charge in [0.05, 0.1) is 13.2 Å². The van der Waals surface area contributed by atoms with E-state index in [0.29, 0.717) is 17.7 Å². The second-order valence-corrected chi connectivity index (χ2v) is 7.03. The third-order valence-electron chi connectivity index (χ3n) is 4.91. The second kappa shape index (κ2) is 9.59. The summed E-state index contributed by atoms with van der Waals surface area (Å²) in [6.07, 6.45) is 6.61. The van der Waals surface area contributed by atoms with Gasteiger partial charge in [0.15, 0.2) is 11.6 Å². The minimum absolute atomic E-state index is 0.272. The van der Waals surface area contributed by atoms with Crippen LogP contribution in [0.2, 0.25) is 0 Å². The molecule has 0 aliphatic carbocycles. The first-order valence-electron chi connectivity index (χ1n) is 10.1. The van der Waals surface area contributed by atoms with Gasteiger partial charge in [-0.1, -0.05) is 57.7 Å². The third kappa shape index (κ3) is 4.71. The van der Waals surface area contributed by atoms with Crippen molar-refractivity contribution >= 4 is 21.5 Å². The van der Waals surface area contributed by atoms with Crippen LogP contribution in [-0.2, 0) is 0 Å². The lowest BCUT2D eigenvalue weighted by molar-refractivity contribution is 0.293. The summed E-state index contributed by atoms with van der Waals surface area (Å²) in [4.78, 5) is 0. The van der Waals surface area contributed by atoms with E-state index < -0.39 is 0 Å². The Morgan fingerprint density at radius 1 is 0.704 bits per heavy atom. The van der Waals surface area contributed by atoms with E-state index in [1.807, 2.05) is 36.4 Å². The molecule has 0 amide bonds. The largest absolute Gasteiger partial charge is 0.494 e. The zero-order valence-electron chi connectivity index (χ0n) is 16.4. The van der Waals surface area contributed by atoms with E-state index in [-0.39, 0.29) is 5.82 Å². The summed E-state index contributed by atoms with van der Waals surface area (Å²) in [5.41, 5.74) is 0. The minimum Gasteiger partial charge on any atom is -0.494 e. The summed E-state index contributed by atoms with van der Waals surface area (Å²) < 4.78 is 26.4. The summed E-state index contributed by atoms with van der Waals surface area (Å²) in [5.74, 6) is 0.939. The van der Waals surface area contributed by atoms with E-state index in [0.717, 1.165) is 54.2 Å². The van der Waals surface area contributed by atoms with Gasteiger partial charge in [0.25, 0.3) is 0 Å². The van der Waals surface area contributed by atoms with Crippen LogP contribution in [0.15, 0.2) is 42.5 Å². The van der Waals surface area contributed by atoms with Crippen molar-refractivity contribution < 1.29 is 13.9 Å². The molecule has 0 unspecified atom stereocenters. The number of hydrogen-bond donors (Lipinski definition) is 0. The lowest BCUT2D eigenvalue weighted by atomic mass is 10.0. The first-order chi connectivity index (χ1) is 13.2. The van der Waals surface area contributed by atoms with Crippen molar-refractivity contribution in [2.75, 3.05) is 13.2 Å². The number of ether oxygens (including phenoxy) is 2. The molecule has 0 saturated heterocycles. The monoisotopic (exact) mass is 368 g/mol. The fourth-order valence-corrected chi connectivity index (χ4v) is 3.35. The van der Waals surface area contributed by atoms with Crippen molar-refractivity contribution in [1.29, 1.82) is 0 Å². The van der Waals surface area contributed by atoms with Gasteiger partial charge < -0.3 is 9.47 Å². The molecule has 0 spiro atoms. The molecule has 0 radical (unpaired) electrons. The average Bonchev–Trinajstić information content (AvgIpc) is 2.69. The molecule has 3 aromatic rings. The molecule has 0 fully saturated rings. The van der Waals surface area contributed by atoms with Gasteiger partial charge in [0.1, 0.15) is 5.75 Å². The smallest absolute Gasteiger partial charge is 0.172 e. The summed E-state index contributed by atoms with van der Waals surface area (Å²) >= 11 is 0. The first kappa shape index (κ1) is 19.5. The Bertz CT molecular complexity index is 888. The van der Waals surface area contributed by atoms with Gasteiger partial charge in [-0.25, -0.2) is 4.39 Å². The first-order valence-corrected chi connectivity index (χ1v) is 10.1. The molecule has 0 aromatic heterocycles. The van der Waals surface area contributed by atoms with Crippen molar-refractivity contribution in [2.24, 2.45) is 0 Å². The fraction of sp³-hybridized carbons (Fsp3) is 0.417. The summed E-state index contributed by atoms with van der Waals surface area (Å²) in [5, 5.41) is 3.60. The SMILES string of the molecule is CCCCCOc1ccc2c(ccc3c(F)c(OCCCCC)ccc32)c1. The fourth-order valence-electron chi connectivity index (χ4n) is 3.35. The van der Waals surface area contributed by atoms with Gasteiger partial charge in [-0.2, -0.15) is 0 Å². The maximum atomic E-state index is 14.9. The highest BCUT2D eigenvalue weighted by Gasteiger charge is 2.11. The molecular weight excluding hydrogens is 339 g/mol. The molecule has 0 atom stereocenters. The molecule has 3 heteroatoms. The van der Waals surface area contributed by atoms with Crippen LogP contribution in [0.3, 0.4) is 0 Å². The molecule has 2 nitrogen and oxygen atoms in total. The number of fused-ring (bicyclic) bond motifs is 3. The van der Waals surface area contributed by atoms with E-state index in [4.69, 9.17) is 9.47 Å². The second-order valence-electron chi connectivity index (χ2n) is 7.03. The lowest BCUT2D eigenvalue weighted by Gasteiger charge is -2.12. The minimum atomic E-state index is -0.272. The zero-order chi connectivity index (χ0) is 19.1. The van der Waals surface area contributed by atoms with Gasteiger partial charge in [0, 0.05) is 5.39 Å². The van der Waals surface area contributed by atoms with Crippen LogP contribution in [-0.4, -0.2) is 13.2 Å². The Hall–Kier alpha value is -2.29. The van der Waals surface area contributed by atoms with Crippen molar-refractivity contribution in [3.05, 3.63) is 48.3 Å².